The van der Waals surface area contributed by atoms with E-state index in [9.17, 15) is 22.4 Å². The Balaban J connectivity index is 2.39. The molecule has 134 valence electrons. The van der Waals surface area contributed by atoms with Crippen molar-refractivity contribution in [2.24, 2.45) is 0 Å². The Morgan fingerprint density at radius 3 is 2.35 bits per heavy atom. The molecule has 5 nitrogen and oxygen atoms in total. The highest BCUT2D eigenvalue weighted by atomic mass is 35.5. The molecule has 0 aliphatic rings. The Labute approximate surface area is 152 Å². The van der Waals surface area contributed by atoms with Crippen molar-refractivity contribution in [2.45, 2.75) is 12.9 Å². The van der Waals surface area contributed by atoms with Crippen LogP contribution in [-0.2, 0) is 12.9 Å². The molecule has 2 aromatic heterocycles. The van der Waals surface area contributed by atoms with Gasteiger partial charge in [0.25, 0.3) is 0 Å². The molecule has 0 spiro atoms. The molecular formula is C15H6Cl2F4N4O. The van der Waals surface area contributed by atoms with E-state index in [1.54, 1.807) is 0 Å². The molecule has 2 heterocycles. The Kier molecular flexibility index (Phi) is 4.42. The van der Waals surface area contributed by atoms with Gasteiger partial charge in [-0.25, -0.2) is 4.39 Å². The first-order valence-electron chi connectivity index (χ1n) is 6.82. The van der Waals surface area contributed by atoms with Crippen molar-refractivity contribution < 1.29 is 17.6 Å². The summed E-state index contributed by atoms with van der Waals surface area (Å²) in [7, 11) is 0. The van der Waals surface area contributed by atoms with Crippen molar-refractivity contribution in [2.75, 3.05) is 0 Å². The third-order valence-electron chi connectivity index (χ3n) is 3.54. The molecule has 0 atom stereocenters. The fourth-order valence-corrected chi connectivity index (χ4v) is 3.13. The fourth-order valence-electron chi connectivity index (χ4n) is 2.48. The maximum Gasteiger partial charge on any atom is 0.416 e. The maximum atomic E-state index is 13.2. The third kappa shape index (κ3) is 2.91. The number of benzene rings is 1. The van der Waals surface area contributed by atoms with Gasteiger partial charge >= 0.3 is 12.0 Å². The van der Waals surface area contributed by atoms with Crippen LogP contribution in [0.5, 0.6) is 0 Å². The molecule has 0 aliphatic heterocycles. The summed E-state index contributed by atoms with van der Waals surface area (Å²) in [6, 6.07) is 2.26. The maximum absolute atomic E-state index is 13.2. The zero-order chi connectivity index (χ0) is 19.2. The number of H-pyrrole nitrogens is 1. The molecule has 3 aromatic rings. The fraction of sp³-hybridized carbons (Fsp3) is 0.133. The van der Waals surface area contributed by atoms with E-state index in [0.717, 1.165) is 10.7 Å². The molecule has 11 heteroatoms. The topological polar surface area (TPSA) is 55.0 Å². The van der Waals surface area contributed by atoms with Crippen LogP contribution in [0.15, 0.2) is 23.0 Å². The van der Waals surface area contributed by atoms with Crippen LogP contribution in [0.1, 0.15) is 11.1 Å². The van der Waals surface area contributed by atoms with E-state index < -0.39 is 34.0 Å². The van der Waals surface area contributed by atoms with Gasteiger partial charge in [0.05, 0.1) is 21.0 Å². The van der Waals surface area contributed by atoms with Crippen LogP contribution in [0.3, 0.4) is 0 Å². The van der Waals surface area contributed by atoms with Gasteiger partial charge in [-0.1, -0.05) is 29.8 Å². The third-order valence-corrected chi connectivity index (χ3v) is 4.12. The van der Waals surface area contributed by atoms with E-state index in [1.807, 2.05) is 0 Å². The average molecular weight is 405 g/mol. The van der Waals surface area contributed by atoms with Crippen LogP contribution < -0.4 is 5.56 Å². The normalized spacial score (nSPS) is 11.7. The first kappa shape index (κ1) is 18.2. The lowest BCUT2D eigenvalue weighted by Crippen LogP contribution is -2.10. The molecule has 3 rings (SSSR count). The summed E-state index contributed by atoms with van der Waals surface area (Å²) < 4.78 is 52.8. The number of fused-ring (bicyclic) bond motifs is 1. The van der Waals surface area contributed by atoms with Gasteiger partial charge in [0.15, 0.2) is 5.65 Å². The summed E-state index contributed by atoms with van der Waals surface area (Å²) in [6.07, 6.45) is -4.67. The molecule has 0 fully saturated rings. The standard InChI is InChI=1S/C15H6Cl2F4N4O/c1-22-13-11-6(5-18)2-10(26)23-14(11)25(24-13)12-8(16)3-7(4-9(12)17)15(19,20)21/h2-4H,5H2,(H,23,26). The number of hydrogen-bond donors (Lipinski definition) is 1. The molecule has 0 unspecified atom stereocenters. The molecule has 1 N–H and O–H groups in total. The van der Waals surface area contributed by atoms with Crippen molar-refractivity contribution in [3.05, 3.63) is 61.1 Å². The van der Waals surface area contributed by atoms with Crippen LogP contribution in [-0.4, -0.2) is 14.8 Å². The minimum Gasteiger partial charge on any atom is -0.358 e. The largest absolute Gasteiger partial charge is 0.416 e. The van der Waals surface area contributed by atoms with E-state index >= 15 is 0 Å². The van der Waals surface area contributed by atoms with E-state index in [0.29, 0.717) is 12.1 Å². The number of aromatic nitrogens is 3. The molecule has 26 heavy (non-hydrogen) atoms. The summed E-state index contributed by atoms with van der Waals surface area (Å²) in [4.78, 5) is 17.3. The molecule has 0 bridgehead atoms. The summed E-state index contributed by atoms with van der Waals surface area (Å²) in [5.74, 6) is -0.254. The number of nitrogens with one attached hydrogen (secondary N) is 1. The molecule has 0 saturated carbocycles. The van der Waals surface area contributed by atoms with Crippen molar-refractivity contribution in [1.82, 2.24) is 14.8 Å². The Morgan fingerprint density at radius 1 is 1.23 bits per heavy atom. The van der Waals surface area contributed by atoms with Gasteiger partial charge in [-0.3, -0.25) is 4.79 Å². The number of rotatable bonds is 2. The first-order chi connectivity index (χ1) is 12.2. The monoisotopic (exact) mass is 404 g/mol. The van der Waals surface area contributed by atoms with E-state index in [4.69, 9.17) is 29.8 Å². The van der Waals surface area contributed by atoms with Crippen molar-refractivity contribution in [3.8, 4) is 5.69 Å². The Morgan fingerprint density at radius 2 is 1.85 bits per heavy atom. The van der Waals surface area contributed by atoms with Crippen LogP contribution in [0.2, 0.25) is 10.0 Å². The summed E-state index contributed by atoms with van der Waals surface area (Å²) in [5, 5.41) is 3.13. The molecule has 0 radical (unpaired) electrons. The van der Waals surface area contributed by atoms with Crippen molar-refractivity contribution >= 4 is 40.1 Å². The van der Waals surface area contributed by atoms with Gasteiger partial charge in [0.2, 0.25) is 5.56 Å². The van der Waals surface area contributed by atoms with Gasteiger partial charge < -0.3 is 9.83 Å². The molecular weight excluding hydrogens is 399 g/mol. The van der Waals surface area contributed by atoms with E-state index in [1.165, 1.54) is 0 Å². The van der Waals surface area contributed by atoms with Crippen LogP contribution in [0.4, 0.5) is 23.4 Å². The van der Waals surface area contributed by atoms with Crippen LogP contribution in [0.25, 0.3) is 21.6 Å². The zero-order valence-electron chi connectivity index (χ0n) is 12.5. The molecule has 0 aliphatic carbocycles. The summed E-state index contributed by atoms with van der Waals surface area (Å²) in [5.41, 5.74) is -2.11. The number of pyridine rings is 1. The van der Waals surface area contributed by atoms with Crippen molar-refractivity contribution in [3.63, 3.8) is 0 Å². The highest BCUT2D eigenvalue weighted by molar-refractivity contribution is 6.38. The van der Waals surface area contributed by atoms with Gasteiger partial charge in [0, 0.05) is 6.07 Å². The average Bonchev–Trinajstić information content (AvgIpc) is 2.91. The second-order valence-electron chi connectivity index (χ2n) is 5.15. The second kappa shape index (κ2) is 6.30. The minimum atomic E-state index is -4.67. The highest BCUT2D eigenvalue weighted by Gasteiger charge is 2.33. The number of hydrogen-bond acceptors (Lipinski definition) is 2. The van der Waals surface area contributed by atoms with Gasteiger partial charge in [-0.05, 0) is 22.8 Å². The quantitative estimate of drug-likeness (QED) is 0.479. The zero-order valence-corrected chi connectivity index (χ0v) is 14.0. The lowest BCUT2D eigenvalue weighted by molar-refractivity contribution is -0.137. The van der Waals surface area contributed by atoms with Crippen molar-refractivity contribution in [1.29, 1.82) is 0 Å². The van der Waals surface area contributed by atoms with E-state index in [-0.39, 0.29) is 28.1 Å². The second-order valence-corrected chi connectivity index (χ2v) is 5.96. The Hall–Kier alpha value is -2.57. The molecule has 1 aromatic carbocycles. The molecule has 0 saturated heterocycles. The first-order valence-corrected chi connectivity index (χ1v) is 7.58. The van der Waals surface area contributed by atoms with Gasteiger partial charge in [0.1, 0.15) is 12.4 Å². The van der Waals surface area contributed by atoms with E-state index in [2.05, 4.69) is 14.9 Å². The lowest BCUT2D eigenvalue weighted by Gasteiger charge is -2.11. The lowest BCUT2D eigenvalue weighted by atomic mass is 10.2. The highest BCUT2D eigenvalue weighted by Crippen LogP contribution is 2.39. The number of alkyl halides is 4. The van der Waals surface area contributed by atoms with Crippen LogP contribution in [0, 0.1) is 6.57 Å². The summed E-state index contributed by atoms with van der Waals surface area (Å²) in [6.45, 7) is 6.13. The van der Waals surface area contributed by atoms with Crippen LogP contribution >= 0.6 is 23.2 Å². The number of aromatic amines is 1. The number of halogens is 6. The van der Waals surface area contributed by atoms with Gasteiger partial charge in [-0.15, -0.1) is 4.68 Å². The minimum absolute atomic E-state index is 0.0223. The predicted molar refractivity (Wildman–Crippen MR) is 87.8 cm³/mol. The van der Waals surface area contributed by atoms with Gasteiger partial charge in [-0.2, -0.15) is 13.2 Å². The summed E-state index contributed by atoms with van der Waals surface area (Å²) >= 11 is 11.9. The Bertz CT molecular complexity index is 1100. The smallest absolute Gasteiger partial charge is 0.358 e. The number of nitrogens with zero attached hydrogens (tertiary/aromatic N) is 3. The molecule has 0 amide bonds. The predicted octanol–water partition coefficient (Wildman–Crippen LogP) is 5.06. The SMILES string of the molecule is [C-]#[N+]c1nn(-c2c(Cl)cc(C(F)(F)F)cc2Cl)c2[nH]c(=O)cc(CF)c12.